The van der Waals surface area contributed by atoms with Crippen LogP contribution in [-0.4, -0.2) is 27.2 Å². The highest BCUT2D eigenvalue weighted by Gasteiger charge is 2.36. The quantitative estimate of drug-likeness (QED) is 0.171. The Morgan fingerprint density at radius 2 is 1.50 bits per heavy atom. The highest BCUT2D eigenvalue weighted by molar-refractivity contribution is 6.91. The third-order valence-corrected chi connectivity index (χ3v) is 12.3. The van der Waals surface area contributed by atoms with Gasteiger partial charge in [-0.05, 0) is 101 Å². The maximum absolute atomic E-state index is 8.78. The number of hydrogen-bond acceptors (Lipinski definition) is 3. The largest absolute Gasteiger partial charge is 0.457 e. The van der Waals surface area contributed by atoms with Crippen LogP contribution in [0.4, 0.5) is 0 Å². The van der Waals surface area contributed by atoms with Crippen molar-refractivity contribution in [3.8, 4) is 34.4 Å². The number of hydrogen-bond donors (Lipinski definition) is 0. The van der Waals surface area contributed by atoms with Crippen LogP contribution in [0.3, 0.4) is 0 Å². The number of fused-ring (bicyclic) bond motifs is 5. The van der Waals surface area contributed by atoms with Gasteiger partial charge in [0.2, 0.25) is 0 Å². The fourth-order valence-corrected chi connectivity index (χ4v) is 9.65. The molecule has 0 unspecified atom stereocenters. The lowest BCUT2D eigenvalue weighted by Crippen LogP contribution is -2.38. The van der Waals surface area contributed by atoms with E-state index in [2.05, 4.69) is 48.1 Å². The Hall–Kier alpha value is -5.46. The SMILES string of the molecule is [2H]C([2H])([2H])[Si]1(C([2H])([2H])[2H])CCc2cc(-c3nc4ccccc4n3-c3ccccc3)cc(Oc3ccc4c5ccccc5n(-c5cc(C(C)(C)C)ccn5)c4c3)c21. The number of ether oxygens (including phenoxy) is 1. The summed E-state index contributed by atoms with van der Waals surface area (Å²) in [5.74, 6) is 2.11. The zero-order valence-corrected chi connectivity index (χ0v) is 29.2. The fraction of sp³-hybridized carbons (Fsp3) is 0.182. The van der Waals surface area contributed by atoms with E-state index in [1.54, 1.807) is 6.07 Å². The van der Waals surface area contributed by atoms with Crippen LogP contribution in [0, 0.1) is 0 Å². The van der Waals surface area contributed by atoms with Gasteiger partial charge in [0, 0.05) is 42.5 Å². The number of aryl methyl sites for hydroxylation is 1. The lowest BCUT2D eigenvalue weighted by molar-refractivity contribution is 0.487. The third-order valence-electron chi connectivity index (χ3n) is 9.93. The molecule has 246 valence electrons. The second-order valence-corrected chi connectivity index (χ2v) is 17.1. The van der Waals surface area contributed by atoms with Gasteiger partial charge in [0.1, 0.15) is 23.1 Å². The van der Waals surface area contributed by atoms with Crippen LogP contribution in [0.1, 0.15) is 40.1 Å². The Morgan fingerprint density at radius 3 is 2.32 bits per heavy atom. The number of rotatable bonds is 5. The normalized spacial score (nSPS) is 16.4. The molecule has 5 aromatic carbocycles. The molecule has 0 spiro atoms. The molecule has 0 amide bonds. The smallest absolute Gasteiger partial charge is 0.145 e. The van der Waals surface area contributed by atoms with Crippen LogP contribution in [0.25, 0.3) is 55.7 Å². The third kappa shape index (κ3) is 4.97. The van der Waals surface area contributed by atoms with E-state index in [0.717, 1.165) is 49.9 Å². The van der Waals surface area contributed by atoms with Crippen LogP contribution in [0.15, 0.2) is 128 Å². The molecule has 9 rings (SSSR count). The fourth-order valence-electron chi connectivity index (χ4n) is 7.46. The second kappa shape index (κ2) is 11.3. The summed E-state index contributed by atoms with van der Waals surface area (Å²) in [6, 6.07) is 39.8. The van der Waals surface area contributed by atoms with Gasteiger partial charge in [-0.3, -0.25) is 9.13 Å². The van der Waals surface area contributed by atoms with Gasteiger partial charge in [0.25, 0.3) is 0 Å². The molecule has 0 bridgehead atoms. The van der Waals surface area contributed by atoms with Gasteiger partial charge in [-0.2, -0.15) is 0 Å². The Balaban J connectivity index is 1.29. The van der Waals surface area contributed by atoms with Crippen molar-refractivity contribution in [2.45, 2.75) is 51.6 Å². The van der Waals surface area contributed by atoms with Crippen molar-refractivity contribution in [3.05, 3.63) is 139 Å². The first-order valence-corrected chi connectivity index (χ1v) is 19.3. The van der Waals surface area contributed by atoms with Crippen LogP contribution in [0.2, 0.25) is 19.0 Å². The van der Waals surface area contributed by atoms with Crippen molar-refractivity contribution in [1.82, 2.24) is 19.1 Å². The Bertz CT molecular complexity index is 2800. The monoisotopic (exact) mass is 674 g/mol. The molecular weight excluding hydrogens is 629 g/mol. The van der Waals surface area contributed by atoms with Gasteiger partial charge in [-0.25, -0.2) is 9.97 Å². The average Bonchev–Trinajstić information content (AvgIpc) is 3.85. The molecule has 0 fully saturated rings. The maximum atomic E-state index is 8.78. The van der Waals surface area contributed by atoms with Crippen LogP contribution < -0.4 is 9.92 Å². The van der Waals surface area contributed by atoms with E-state index in [1.165, 1.54) is 0 Å². The Kier molecular flexibility index (Phi) is 5.56. The summed E-state index contributed by atoms with van der Waals surface area (Å²) in [6.45, 7) is 1.11. The first-order chi connectivity index (χ1) is 26.7. The van der Waals surface area contributed by atoms with E-state index >= 15 is 0 Å². The van der Waals surface area contributed by atoms with Crippen molar-refractivity contribution in [1.29, 1.82) is 0 Å². The summed E-state index contributed by atoms with van der Waals surface area (Å²) < 4.78 is 63.8. The highest BCUT2D eigenvalue weighted by Crippen LogP contribution is 2.39. The molecule has 1 aliphatic rings. The summed E-state index contributed by atoms with van der Waals surface area (Å²) in [6.07, 6.45) is 2.15. The maximum Gasteiger partial charge on any atom is 0.145 e. The van der Waals surface area contributed by atoms with Crippen molar-refractivity contribution < 1.29 is 13.0 Å². The van der Waals surface area contributed by atoms with E-state index in [9.17, 15) is 0 Å². The molecule has 0 saturated carbocycles. The van der Waals surface area contributed by atoms with E-state index in [4.69, 9.17) is 22.9 Å². The zero-order chi connectivity index (χ0) is 39.2. The minimum Gasteiger partial charge on any atom is -0.457 e. The topological polar surface area (TPSA) is 44.9 Å². The molecule has 6 heteroatoms. The van der Waals surface area contributed by atoms with Gasteiger partial charge in [-0.15, -0.1) is 0 Å². The van der Waals surface area contributed by atoms with Gasteiger partial charge >= 0.3 is 0 Å². The predicted molar refractivity (Wildman–Crippen MR) is 209 cm³/mol. The molecule has 0 N–H and O–H groups in total. The van der Waals surface area contributed by atoms with E-state index in [0.29, 0.717) is 34.3 Å². The Morgan fingerprint density at radius 1 is 0.740 bits per heavy atom. The molecule has 5 nitrogen and oxygen atoms in total. The summed E-state index contributed by atoms with van der Waals surface area (Å²) in [7, 11) is -4.22. The number of imidazole rings is 1. The van der Waals surface area contributed by atoms with Gasteiger partial charge in [-0.1, -0.05) is 82.3 Å². The minimum atomic E-state index is -4.22. The molecular formula is C44H40N4OSi. The molecule has 0 radical (unpaired) electrons. The summed E-state index contributed by atoms with van der Waals surface area (Å²) in [5.41, 5.74) is 6.89. The standard InChI is InChI=1S/C44H40N4OSi/c1-44(2,3)31-21-23-45-41(27-31)48-37-17-11-9-15-34(37)35-20-19-33(28-39(35)48)49-40-26-30(25-29-22-24-50(4,5)42(29)40)43-46-36-16-10-12-18-38(36)47(43)32-13-7-6-8-14-32/h6-21,23,25-28H,22,24H2,1-5H3/i4D3,5D3. The molecule has 0 atom stereocenters. The molecule has 0 saturated heterocycles. The van der Waals surface area contributed by atoms with Crippen molar-refractivity contribution in [3.63, 3.8) is 0 Å². The first-order valence-electron chi connectivity index (χ1n) is 20.0. The number of aromatic nitrogens is 4. The van der Waals surface area contributed by atoms with Gasteiger partial charge in [0.15, 0.2) is 0 Å². The van der Waals surface area contributed by atoms with Crippen molar-refractivity contribution in [2.24, 2.45) is 0 Å². The highest BCUT2D eigenvalue weighted by atomic mass is 28.3. The van der Waals surface area contributed by atoms with Gasteiger partial charge in [0.05, 0.1) is 30.1 Å². The predicted octanol–water partition coefficient (Wildman–Crippen LogP) is 10.7. The zero-order valence-electron chi connectivity index (χ0n) is 34.2. The van der Waals surface area contributed by atoms with E-state index in [-0.39, 0.29) is 17.2 Å². The van der Waals surface area contributed by atoms with Crippen LogP contribution in [-0.2, 0) is 11.8 Å². The molecule has 0 aliphatic carbocycles. The number of para-hydroxylation sites is 4. The minimum absolute atomic E-state index is 0.0628. The van der Waals surface area contributed by atoms with Crippen molar-refractivity contribution in [2.75, 3.05) is 0 Å². The Labute approximate surface area is 302 Å². The second-order valence-electron chi connectivity index (χ2n) is 14.3. The van der Waals surface area contributed by atoms with Crippen LogP contribution in [0.5, 0.6) is 11.5 Å². The first kappa shape index (κ1) is 24.6. The summed E-state index contributed by atoms with van der Waals surface area (Å²) >= 11 is 0. The molecule has 8 aromatic rings. The average molecular weight is 675 g/mol. The number of nitrogens with zero attached hydrogens (tertiary/aromatic N) is 4. The molecule has 3 aromatic heterocycles. The van der Waals surface area contributed by atoms with Crippen LogP contribution >= 0.6 is 0 Å². The van der Waals surface area contributed by atoms with E-state index < -0.39 is 21.0 Å². The summed E-state index contributed by atoms with van der Waals surface area (Å²) in [4.78, 5) is 9.91. The van der Waals surface area contributed by atoms with Gasteiger partial charge < -0.3 is 4.74 Å². The lowest BCUT2D eigenvalue weighted by Gasteiger charge is -2.22. The van der Waals surface area contributed by atoms with E-state index in [1.807, 2.05) is 103 Å². The molecule has 1 aliphatic heterocycles. The molecule has 4 heterocycles. The summed E-state index contributed by atoms with van der Waals surface area (Å²) in [5, 5.41) is 2.39. The number of pyridine rings is 1. The van der Waals surface area contributed by atoms with Crippen molar-refractivity contribution >= 4 is 46.1 Å². The molecule has 50 heavy (non-hydrogen) atoms. The lowest BCUT2D eigenvalue weighted by atomic mass is 9.88. The number of benzene rings is 5.